The lowest BCUT2D eigenvalue weighted by atomic mass is 9.83. The van der Waals surface area contributed by atoms with Crippen LogP contribution in [-0.2, 0) is 5.41 Å². The molecule has 0 aliphatic rings. The Hall–Kier alpha value is -1.90. The first-order chi connectivity index (χ1) is 9.43. The van der Waals surface area contributed by atoms with E-state index < -0.39 is 0 Å². The average molecular weight is 274 g/mol. The molecule has 2 rings (SSSR count). The number of hydrogen-bond donors (Lipinski definition) is 0. The van der Waals surface area contributed by atoms with Crippen LogP contribution >= 0.6 is 0 Å². The summed E-state index contributed by atoms with van der Waals surface area (Å²) < 4.78 is 16.4. The van der Waals surface area contributed by atoms with Gasteiger partial charge < -0.3 is 14.2 Å². The molecule has 0 spiro atoms. The van der Waals surface area contributed by atoms with E-state index in [2.05, 4.69) is 32.9 Å². The zero-order valence-corrected chi connectivity index (χ0v) is 13.0. The van der Waals surface area contributed by atoms with Crippen molar-refractivity contribution < 1.29 is 14.2 Å². The molecule has 0 N–H and O–H groups in total. The maximum absolute atomic E-state index is 5.55. The first kappa shape index (κ1) is 14.5. The molecule has 0 heterocycles. The molecule has 0 amide bonds. The van der Waals surface area contributed by atoms with Gasteiger partial charge in [-0.25, -0.2) is 0 Å². The minimum Gasteiger partial charge on any atom is -0.493 e. The molecule has 20 heavy (non-hydrogen) atoms. The number of rotatable bonds is 3. The van der Waals surface area contributed by atoms with Crippen LogP contribution < -0.4 is 14.2 Å². The van der Waals surface area contributed by atoms with Crippen LogP contribution in [0.1, 0.15) is 26.3 Å². The van der Waals surface area contributed by atoms with Gasteiger partial charge in [0.15, 0.2) is 11.5 Å². The fourth-order valence-electron chi connectivity index (χ4n) is 2.55. The Bertz CT molecular complexity index is 624. The van der Waals surface area contributed by atoms with Crippen molar-refractivity contribution in [3.8, 4) is 17.2 Å². The molecule has 0 radical (unpaired) electrons. The van der Waals surface area contributed by atoms with Gasteiger partial charge in [0.05, 0.1) is 21.3 Å². The minimum atomic E-state index is 0.0458. The molecule has 0 unspecified atom stereocenters. The summed E-state index contributed by atoms with van der Waals surface area (Å²) in [6.45, 7) is 6.60. The number of hydrogen-bond acceptors (Lipinski definition) is 3. The summed E-state index contributed by atoms with van der Waals surface area (Å²) in [7, 11) is 4.92. The van der Waals surface area contributed by atoms with Gasteiger partial charge in [-0.2, -0.15) is 0 Å². The van der Waals surface area contributed by atoms with Crippen LogP contribution in [0.4, 0.5) is 0 Å². The Morgan fingerprint density at radius 3 is 1.95 bits per heavy atom. The van der Waals surface area contributed by atoms with Crippen molar-refractivity contribution in [3.05, 3.63) is 29.8 Å². The molecule has 3 nitrogen and oxygen atoms in total. The van der Waals surface area contributed by atoms with Crippen molar-refractivity contribution in [1.29, 1.82) is 0 Å². The molecule has 3 heteroatoms. The van der Waals surface area contributed by atoms with Gasteiger partial charge in [-0.15, -0.1) is 0 Å². The Kier molecular flexibility index (Phi) is 3.80. The van der Waals surface area contributed by atoms with Crippen LogP contribution in [0, 0.1) is 0 Å². The van der Waals surface area contributed by atoms with E-state index >= 15 is 0 Å². The van der Waals surface area contributed by atoms with E-state index in [4.69, 9.17) is 14.2 Å². The van der Waals surface area contributed by atoms with E-state index in [0.717, 1.165) is 10.8 Å². The van der Waals surface area contributed by atoms with Crippen LogP contribution in [0.25, 0.3) is 10.8 Å². The zero-order chi connectivity index (χ0) is 14.9. The fourth-order valence-corrected chi connectivity index (χ4v) is 2.55. The van der Waals surface area contributed by atoms with Crippen molar-refractivity contribution in [3.63, 3.8) is 0 Å². The van der Waals surface area contributed by atoms with Crippen LogP contribution in [0.5, 0.6) is 17.2 Å². The van der Waals surface area contributed by atoms with Crippen LogP contribution in [0.3, 0.4) is 0 Å². The predicted octanol–water partition coefficient (Wildman–Crippen LogP) is 4.16. The van der Waals surface area contributed by atoms with Crippen molar-refractivity contribution in [2.24, 2.45) is 0 Å². The average Bonchev–Trinajstić information content (AvgIpc) is 2.43. The highest BCUT2D eigenvalue weighted by molar-refractivity contribution is 5.95. The Morgan fingerprint density at radius 1 is 0.800 bits per heavy atom. The lowest BCUT2D eigenvalue weighted by Gasteiger charge is -2.23. The molecular weight excluding hydrogens is 252 g/mol. The number of ether oxygens (including phenoxy) is 3. The molecule has 108 valence electrons. The molecule has 2 aromatic rings. The molecule has 2 aromatic carbocycles. The van der Waals surface area contributed by atoms with Crippen LogP contribution in [0.2, 0.25) is 0 Å². The van der Waals surface area contributed by atoms with E-state index in [1.165, 1.54) is 5.56 Å². The molecule has 0 aromatic heterocycles. The van der Waals surface area contributed by atoms with Crippen molar-refractivity contribution >= 4 is 10.8 Å². The van der Waals surface area contributed by atoms with Gasteiger partial charge in [0.1, 0.15) is 0 Å². The second-order valence-electron chi connectivity index (χ2n) is 5.80. The molecule has 0 fully saturated rings. The van der Waals surface area contributed by atoms with Crippen molar-refractivity contribution in [1.82, 2.24) is 0 Å². The van der Waals surface area contributed by atoms with E-state index in [1.807, 2.05) is 12.1 Å². The minimum absolute atomic E-state index is 0.0458. The first-order valence-corrected chi connectivity index (χ1v) is 6.66. The van der Waals surface area contributed by atoms with Gasteiger partial charge in [-0.05, 0) is 22.4 Å². The van der Waals surface area contributed by atoms with Gasteiger partial charge >= 0.3 is 0 Å². The maximum Gasteiger partial charge on any atom is 0.203 e. The summed E-state index contributed by atoms with van der Waals surface area (Å²) in [6, 6.07) is 8.27. The Morgan fingerprint density at radius 2 is 1.45 bits per heavy atom. The lowest BCUT2D eigenvalue weighted by Crippen LogP contribution is -2.11. The van der Waals surface area contributed by atoms with E-state index in [1.54, 1.807) is 21.3 Å². The molecule has 0 saturated carbocycles. The summed E-state index contributed by atoms with van der Waals surface area (Å²) in [5.41, 5.74) is 1.30. The maximum atomic E-state index is 5.55. The van der Waals surface area contributed by atoms with Gasteiger partial charge in [0.2, 0.25) is 5.75 Å². The summed E-state index contributed by atoms with van der Waals surface area (Å²) in [5, 5.41) is 2.17. The highest BCUT2D eigenvalue weighted by Gasteiger charge is 2.22. The Labute approximate surface area is 120 Å². The molecule has 0 atom stereocenters. The van der Waals surface area contributed by atoms with Crippen molar-refractivity contribution in [2.45, 2.75) is 26.2 Å². The third-order valence-corrected chi connectivity index (χ3v) is 3.49. The molecule has 0 aliphatic heterocycles. The standard InChI is InChI=1S/C17H22O3/c1-17(2,3)13-9-7-8-11-12(13)10-14(18-4)16(20-6)15(11)19-5/h7-10H,1-6H3. The smallest absolute Gasteiger partial charge is 0.203 e. The number of benzene rings is 2. The third-order valence-electron chi connectivity index (χ3n) is 3.49. The summed E-state index contributed by atoms with van der Waals surface area (Å²) in [6.07, 6.45) is 0. The normalized spacial score (nSPS) is 11.5. The highest BCUT2D eigenvalue weighted by Crippen LogP contribution is 2.45. The first-order valence-electron chi connectivity index (χ1n) is 6.66. The summed E-state index contributed by atoms with van der Waals surface area (Å²) in [4.78, 5) is 0. The Balaban J connectivity index is 2.91. The van der Waals surface area contributed by atoms with E-state index in [-0.39, 0.29) is 5.41 Å². The predicted molar refractivity (Wildman–Crippen MR) is 82.3 cm³/mol. The van der Waals surface area contributed by atoms with Crippen LogP contribution in [0.15, 0.2) is 24.3 Å². The molecule has 0 bridgehead atoms. The largest absolute Gasteiger partial charge is 0.493 e. The SMILES string of the molecule is COc1cc2c(C(C)(C)C)cccc2c(OC)c1OC. The lowest BCUT2D eigenvalue weighted by molar-refractivity contribution is 0.327. The summed E-state index contributed by atoms with van der Waals surface area (Å²) >= 11 is 0. The van der Waals surface area contributed by atoms with Gasteiger partial charge in [0.25, 0.3) is 0 Å². The quantitative estimate of drug-likeness (QED) is 0.841. The second kappa shape index (κ2) is 5.23. The second-order valence-corrected chi connectivity index (χ2v) is 5.80. The zero-order valence-electron chi connectivity index (χ0n) is 13.0. The monoisotopic (exact) mass is 274 g/mol. The van der Waals surface area contributed by atoms with E-state index in [9.17, 15) is 0 Å². The topological polar surface area (TPSA) is 27.7 Å². The van der Waals surface area contributed by atoms with Gasteiger partial charge in [-0.3, -0.25) is 0 Å². The number of methoxy groups -OCH3 is 3. The summed E-state index contributed by atoms with van der Waals surface area (Å²) in [5.74, 6) is 2.04. The fraction of sp³-hybridized carbons (Fsp3) is 0.412. The van der Waals surface area contributed by atoms with Crippen molar-refractivity contribution in [2.75, 3.05) is 21.3 Å². The highest BCUT2D eigenvalue weighted by atomic mass is 16.5. The molecular formula is C17H22O3. The number of fused-ring (bicyclic) bond motifs is 1. The van der Waals surface area contributed by atoms with Gasteiger partial charge in [-0.1, -0.05) is 39.0 Å². The van der Waals surface area contributed by atoms with Crippen LogP contribution in [-0.4, -0.2) is 21.3 Å². The third kappa shape index (κ3) is 2.28. The molecule has 0 aliphatic carbocycles. The van der Waals surface area contributed by atoms with Gasteiger partial charge in [0, 0.05) is 5.39 Å². The van der Waals surface area contributed by atoms with E-state index in [0.29, 0.717) is 17.2 Å². The molecule has 0 saturated heterocycles.